The van der Waals surface area contributed by atoms with Crippen LogP contribution < -0.4 is 0 Å². The smallest absolute Gasteiger partial charge is 0.274 e. The van der Waals surface area contributed by atoms with Crippen molar-refractivity contribution in [1.82, 2.24) is 20.0 Å². The van der Waals surface area contributed by atoms with E-state index in [0.29, 0.717) is 35.5 Å². The number of fused-ring (bicyclic) bond motifs is 4. The SMILES string of the molecule is O=C(c1cc(C2CC2)[nH]n1)N1C[C@@H]2C[C@H](C1)[C@@H]1CCC[C@H](c3ccccc3)N1C2. The zero-order chi connectivity index (χ0) is 19.4. The zero-order valence-electron chi connectivity index (χ0n) is 17.0. The highest BCUT2D eigenvalue weighted by atomic mass is 16.2. The van der Waals surface area contributed by atoms with Crippen LogP contribution >= 0.6 is 0 Å². The van der Waals surface area contributed by atoms with Crippen LogP contribution in [0, 0.1) is 11.8 Å². The molecular weight excluding hydrogens is 360 g/mol. The topological polar surface area (TPSA) is 52.2 Å². The Kier molecular flexibility index (Phi) is 4.26. The van der Waals surface area contributed by atoms with E-state index in [0.717, 1.165) is 25.3 Å². The van der Waals surface area contributed by atoms with Crippen molar-refractivity contribution in [3.05, 3.63) is 53.3 Å². The number of aromatic nitrogens is 2. The molecule has 5 heteroatoms. The fourth-order valence-corrected chi connectivity index (χ4v) is 6.22. The summed E-state index contributed by atoms with van der Waals surface area (Å²) in [5.41, 5.74) is 3.23. The van der Waals surface area contributed by atoms with Gasteiger partial charge in [0.1, 0.15) is 5.69 Å². The van der Waals surface area contributed by atoms with Gasteiger partial charge in [0, 0.05) is 43.3 Å². The molecule has 1 aliphatic carbocycles. The van der Waals surface area contributed by atoms with Crippen LogP contribution in [-0.4, -0.2) is 51.6 Å². The van der Waals surface area contributed by atoms with Crippen molar-refractivity contribution in [3.63, 3.8) is 0 Å². The van der Waals surface area contributed by atoms with Gasteiger partial charge in [-0.15, -0.1) is 0 Å². The molecule has 2 bridgehead atoms. The van der Waals surface area contributed by atoms with Gasteiger partial charge in [-0.2, -0.15) is 5.10 Å². The molecule has 0 radical (unpaired) electrons. The fraction of sp³-hybridized carbons (Fsp3) is 0.583. The van der Waals surface area contributed by atoms with Crippen LogP contribution in [0.15, 0.2) is 36.4 Å². The molecule has 4 atom stereocenters. The number of aromatic amines is 1. The quantitative estimate of drug-likeness (QED) is 0.863. The van der Waals surface area contributed by atoms with Gasteiger partial charge in [-0.1, -0.05) is 30.3 Å². The summed E-state index contributed by atoms with van der Waals surface area (Å²) in [5, 5.41) is 7.45. The first kappa shape index (κ1) is 17.7. The number of piperidine rings is 3. The summed E-state index contributed by atoms with van der Waals surface area (Å²) in [6.45, 7) is 2.90. The monoisotopic (exact) mass is 390 g/mol. The predicted molar refractivity (Wildman–Crippen MR) is 112 cm³/mol. The molecule has 0 spiro atoms. The molecule has 0 unspecified atom stereocenters. The van der Waals surface area contributed by atoms with E-state index in [9.17, 15) is 4.79 Å². The number of likely N-dealkylation sites (tertiary alicyclic amines) is 1. The van der Waals surface area contributed by atoms with E-state index in [-0.39, 0.29) is 5.91 Å². The maximum atomic E-state index is 13.2. The number of H-pyrrole nitrogens is 1. The highest BCUT2D eigenvalue weighted by Crippen LogP contribution is 2.44. The number of carbonyl (C=O) groups excluding carboxylic acids is 1. The van der Waals surface area contributed by atoms with Gasteiger partial charge in [0.05, 0.1) is 0 Å². The summed E-state index contributed by atoms with van der Waals surface area (Å²) < 4.78 is 0. The van der Waals surface area contributed by atoms with Gasteiger partial charge >= 0.3 is 0 Å². The van der Waals surface area contributed by atoms with Crippen LogP contribution in [-0.2, 0) is 0 Å². The molecule has 6 rings (SSSR count). The van der Waals surface area contributed by atoms with E-state index in [1.165, 1.54) is 44.1 Å². The molecule has 1 saturated carbocycles. The molecule has 1 aromatic carbocycles. The number of hydrogen-bond donors (Lipinski definition) is 1. The molecule has 1 amide bonds. The van der Waals surface area contributed by atoms with Gasteiger partial charge in [0.15, 0.2) is 0 Å². The lowest BCUT2D eigenvalue weighted by molar-refractivity contribution is -0.0512. The number of carbonyl (C=O) groups is 1. The second-order valence-electron chi connectivity index (χ2n) is 9.68. The first-order valence-electron chi connectivity index (χ1n) is 11.4. The van der Waals surface area contributed by atoms with E-state index in [2.05, 4.69) is 50.3 Å². The molecule has 2 aromatic rings. The average molecular weight is 391 g/mol. The third-order valence-corrected chi connectivity index (χ3v) is 7.69. The summed E-state index contributed by atoms with van der Waals surface area (Å²) in [6, 6.07) is 14.2. The molecule has 4 heterocycles. The second-order valence-corrected chi connectivity index (χ2v) is 9.68. The van der Waals surface area contributed by atoms with Crippen LogP contribution in [0.4, 0.5) is 0 Å². The Labute approximate surface area is 172 Å². The van der Waals surface area contributed by atoms with Crippen LogP contribution in [0.25, 0.3) is 0 Å². The third-order valence-electron chi connectivity index (χ3n) is 7.69. The Balaban J connectivity index is 1.20. The lowest BCUT2D eigenvalue weighted by atomic mass is 9.74. The van der Waals surface area contributed by atoms with Crippen molar-refractivity contribution in [3.8, 4) is 0 Å². The van der Waals surface area contributed by atoms with E-state index in [1.807, 2.05) is 6.07 Å². The Morgan fingerprint density at radius 3 is 2.72 bits per heavy atom. The first-order chi connectivity index (χ1) is 14.3. The molecule has 3 aliphatic heterocycles. The van der Waals surface area contributed by atoms with E-state index < -0.39 is 0 Å². The minimum Gasteiger partial charge on any atom is -0.337 e. The van der Waals surface area contributed by atoms with Crippen molar-refractivity contribution in [2.75, 3.05) is 19.6 Å². The lowest BCUT2D eigenvalue weighted by Crippen LogP contribution is -2.60. The fourth-order valence-electron chi connectivity index (χ4n) is 6.22. The first-order valence-corrected chi connectivity index (χ1v) is 11.4. The predicted octanol–water partition coefficient (Wildman–Crippen LogP) is 3.97. The Bertz CT molecular complexity index is 889. The second kappa shape index (κ2) is 6.98. The molecule has 1 aromatic heterocycles. The Hall–Kier alpha value is -2.14. The largest absolute Gasteiger partial charge is 0.337 e. The van der Waals surface area contributed by atoms with Crippen molar-refractivity contribution in [2.45, 2.75) is 56.5 Å². The summed E-state index contributed by atoms with van der Waals surface area (Å²) in [5.74, 6) is 1.92. The summed E-state index contributed by atoms with van der Waals surface area (Å²) in [7, 11) is 0. The normalized spacial score (nSPS) is 32.1. The van der Waals surface area contributed by atoms with E-state index in [1.54, 1.807) is 0 Å². The van der Waals surface area contributed by atoms with Crippen LogP contribution in [0.3, 0.4) is 0 Å². The zero-order valence-corrected chi connectivity index (χ0v) is 17.0. The number of nitrogens with one attached hydrogen (secondary N) is 1. The minimum absolute atomic E-state index is 0.131. The van der Waals surface area contributed by atoms with Gasteiger partial charge in [0.25, 0.3) is 5.91 Å². The number of rotatable bonds is 3. The van der Waals surface area contributed by atoms with Gasteiger partial charge in [-0.05, 0) is 62.0 Å². The number of hydrogen-bond acceptors (Lipinski definition) is 3. The molecular formula is C24H30N4O. The number of nitrogens with zero attached hydrogens (tertiary/aromatic N) is 3. The summed E-state index contributed by atoms with van der Waals surface area (Å²) in [6.07, 6.45) is 7.56. The van der Waals surface area contributed by atoms with Crippen LogP contribution in [0.5, 0.6) is 0 Å². The molecule has 4 aliphatic rings. The molecule has 5 nitrogen and oxygen atoms in total. The van der Waals surface area contributed by atoms with Crippen molar-refractivity contribution < 1.29 is 4.79 Å². The van der Waals surface area contributed by atoms with Crippen LogP contribution in [0.2, 0.25) is 0 Å². The highest BCUT2D eigenvalue weighted by molar-refractivity contribution is 5.92. The third kappa shape index (κ3) is 3.20. The summed E-state index contributed by atoms with van der Waals surface area (Å²) in [4.78, 5) is 18.1. The maximum Gasteiger partial charge on any atom is 0.274 e. The maximum absolute atomic E-state index is 13.2. The Morgan fingerprint density at radius 2 is 1.90 bits per heavy atom. The average Bonchev–Trinajstić information content (AvgIpc) is 3.50. The molecule has 3 saturated heterocycles. The number of benzene rings is 1. The minimum atomic E-state index is 0.131. The van der Waals surface area contributed by atoms with E-state index in [4.69, 9.17) is 0 Å². The van der Waals surface area contributed by atoms with Crippen LogP contribution in [0.1, 0.15) is 72.2 Å². The Morgan fingerprint density at radius 1 is 1.03 bits per heavy atom. The van der Waals surface area contributed by atoms with Gasteiger partial charge < -0.3 is 4.90 Å². The number of amides is 1. The van der Waals surface area contributed by atoms with E-state index >= 15 is 0 Å². The summed E-state index contributed by atoms with van der Waals surface area (Å²) >= 11 is 0. The highest BCUT2D eigenvalue weighted by Gasteiger charge is 2.46. The molecule has 152 valence electrons. The van der Waals surface area contributed by atoms with Crippen molar-refractivity contribution >= 4 is 5.91 Å². The molecule has 29 heavy (non-hydrogen) atoms. The molecule has 1 N–H and O–H groups in total. The van der Waals surface area contributed by atoms with Crippen molar-refractivity contribution in [2.24, 2.45) is 11.8 Å². The van der Waals surface area contributed by atoms with Gasteiger partial charge in [-0.25, -0.2) is 0 Å². The van der Waals surface area contributed by atoms with Gasteiger partial charge in [-0.3, -0.25) is 14.8 Å². The van der Waals surface area contributed by atoms with Gasteiger partial charge in [0.2, 0.25) is 0 Å². The standard InChI is InChI=1S/C24H30N4O/c29-24(21-12-20(25-26-21)17-9-10-17)27-13-16-11-19(15-27)23-8-4-7-22(28(23)14-16)18-5-2-1-3-6-18/h1-3,5-6,12,16-17,19,22-23H,4,7-11,13-15H2,(H,25,26)/t16-,19+,22+,23-/m0/s1. The lowest BCUT2D eigenvalue weighted by Gasteiger charge is -2.55. The molecule has 4 fully saturated rings. The van der Waals surface area contributed by atoms with Crippen molar-refractivity contribution in [1.29, 1.82) is 0 Å².